The molecule has 0 spiro atoms. The van der Waals surface area contributed by atoms with Crippen molar-refractivity contribution in [2.24, 2.45) is 23.7 Å². The average molecular weight is 424 g/mol. The Balaban J connectivity index is 1.52. The first-order chi connectivity index (χ1) is 11.9. The van der Waals surface area contributed by atoms with Gasteiger partial charge in [0, 0.05) is 10.2 Å². The summed E-state index contributed by atoms with van der Waals surface area (Å²) in [5.41, 5.74) is 0.520. The maximum absolute atomic E-state index is 12.7. The summed E-state index contributed by atoms with van der Waals surface area (Å²) in [6.07, 6.45) is 4.95. The minimum absolute atomic E-state index is 0.136. The number of amides is 3. The maximum atomic E-state index is 12.7. The summed E-state index contributed by atoms with van der Waals surface area (Å²) in [5.74, 6) is -1.15. The van der Waals surface area contributed by atoms with Crippen LogP contribution in [0.2, 0.25) is 5.02 Å². The molecule has 5 nitrogen and oxygen atoms in total. The maximum Gasteiger partial charge on any atom is 0.247 e. The highest BCUT2D eigenvalue weighted by molar-refractivity contribution is 9.10. The molecule has 1 aromatic carbocycles. The van der Waals surface area contributed by atoms with Gasteiger partial charge in [-0.05, 0) is 59.3 Å². The lowest BCUT2D eigenvalue weighted by Gasteiger charge is -2.23. The molecule has 25 heavy (non-hydrogen) atoms. The summed E-state index contributed by atoms with van der Waals surface area (Å²) in [5, 5.41) is 3.19. The lowest BCUT2D eigenvalue weighted by Crippen LogP contribution is -2.46. The van der Waals surface area contributed by atoms with Gasteiger partial charge in [-0.25, -0.2) is 0 Å². The molecule has 1 aliphatic heterocycles. The van der Waals surface area contributed by atoms with Crippen molar-refractivity contribution in [3.05, 3.63) is 39.8 Å². The van der Waals surface area contributed by atoms with E-state index in [0.717, 1.165) is 15.8 Å². The van der Waals surface area contributed by atoms with Crippen LogP contribution in [0.5, 0.6) is 0 Å². The Hall–Kier alpha value is -1.66. The van der Waals surface area contributed by atoms with Gasteiger partial charge in [0.15, 0.2) is 0 Å². The van der Waals surface area contributed by atoms with Crippen LogP contribution in [0.25, 0.3) is 0 Å². The van der Waals surface area contributed by atoms with E-state index in [1.54, 1.807) is 25.1 Å². The van der Waals surface area contributed by atoms with Crippen LogP contribution in [0, 0.1) is 23.7 Å². The minimum Gasteiger partial charge on any atom is -0.324 e. The van der Waals surface area contributed by atoms with Crippen LogP contribution in [0.3, 0.4) is 0 Å². The third-order valence-electron chi connectivity index (χ3n) is 5.46. The number of likely N-dealkylation sites (tertiary alicyclic amines) is 1. The van der Waals surface area contributed by atoms with Crippen molar-refractivity contribution in [3.8, 4) is 0 Å². The number of allylic oxidation sites excluding steroid dienone is 2. The molecule has 0 radical (unpaired) electrons. The van der Waals surface area contributed by atoms with E-state index in [9.17, 15) is 14.4 Å². The van der Waals surface area contributed by atoms with E-state index in [4.69, 9.17) is 11.6 Å². The Morgan fingerprint density at radius 3 is 2.40 bits per heavy atom. The lowest BCUT2D eigenvalue weighted by atomic mass is 9.85. The topological polar surface area (TPSA) is 66.5 Å². The number of fused-ring (bicyclic) bond motifs is 5. The molecule has 1 saturated carbocycles. The number of imide groups is 1. The number of nitrogens with zero attached hydrogens (tertiary/aromatic N) is 1. The molecule has 3 amide bonds. The zero-order chi connectivity index (χ0) is 17.9. The van der Waals surface area contributed by atoms with Crippen LogP contribution in [-0.4, -0.2) is 28.7 Å². The van der Waals surface area contributed by atoms with Gasteiger partial charge in [-0.2, -0.15) is 0 Å². The van der Waals surface area contributed by atoms with E-state index in [1.807, 2.05) is 12.2 Å². The number of benzene rings is 1. The third kappa shape index (κ3) is 2.54. The minimum atomic E-state index is -0.854. The molecule has 130 valence electrons. The van der Waals surface area contributed by atoms with E-state index in [2.05, 4.69) is 21.2 Å². The number of halogens is 2. The highest BCUT2D eigenvalue weighted by atomic mass is 79.9. The van der Waals surface area contributed by atoms with Crippen molar-refractivity contribution in [3.63, 3.8) is 0 Å². The Bertz CT molecular complexity index is 795. The van der Waals surface area contributed by atoms with Crippen LogP contribution < -0.4 is 5.32 Å². The van der Waals surface area contributed by atoms with Gasteiger partial charge in [0.1, 0.15) is 6.04 Å². The van der Waals surface area contributed by atoms with Crippen LogP contribution >= 0.6 is 27.5 Å². The number of rotatable bonds is 3. The van der Waals surface area contributed by atoms with Crippen LogP contribution in [0.4, 0.5) is 5.69 Å². The molecule has 7 heteroatoms. The number of carbonyl (C=O) groups excluding carboxylic acids is 3. The molecule has 1 N–H and O–H groups in total. The van der Waals surface area contributed by atoms with Crippen molar-refractivity contribution >= 4 is 50.9 Å². The van der Waals surface area contributed by atoms with Crippen molar-refractivity contribution in [2.75, 3.05) is 5.32 Å². The Morgan fingerprint density at radius 2 is 1.84 bits per heavy atom. The molecule has 2 fully saturated rings. The monoisotopic (exact) mass is 422 g/mol. The summed E-state index contributed by atoms with van der Waals surface area (Å²) in [6, 6.07) is 4.19. The van der Waals surface area contributed by atoms with Crippen molar-refractivity contribution in [2.45, 2.75) is 19.4 Å². The molecule has 0 unspecified atom stereocenters. The molecular weight excluding hydrogens is 408 g/mol. The zero-order valence-electron chi connectivity index (χ0n) is 13.4. The molecule has 0 aromatic heterocycles. The molecule has 2 aliphatic carbocycles. The number of carbonyl (C=O) groups is 3. The standard InChI is InChI=1S/C18H16BrClN2O3/c1-8(16(23)21-11-4-5-12(19)13(20)7-11)22-17(24)14-9-2-3-10(6-9)15(14)18(22)25/h2-5,7-10,14-15H,6H2,1H3,(H,21,23)/t8-,9-,10+,14+,15+/m1/s1. The Morgan fingerprint density at radius 1 is 1.24 bits per heavy atom. The predicted octanol–water partition coefficient (Wildman–Crippen LogP) is 3.24. The van der Waals surface area contributed by atoms with Gasteiger partial charge in [0.2, 0.25) is 17.7 Å². The summed E-state index contributed by atoms with van der Waals surface area (Å²) in [7, 11) is 0. The van der Waals surface area contributed by atoms with Crippen molar-refractivity contribution in [1.29, 1.82) is 0 Å². The summed E-state index contributed by atoms with van der Waals surface area (Å²) < 4.78 is 0.723. The SMILES string of the molecule is C[C@H](C(=O)Nc1ccc(Br)c(Cl)c1)N1C(=O)[C@@H]2[C@@H](C1=O)[C@H]1C=C[C@@H]2C1. The quantitative estimate of drug-likeness (QED) is 0.599. The number of anilines is 1. The van der Waals surface area contributed by atoms with E-state index >= 15 is 0 Å². The van der Waals surface area contributed by atoms with Gasteiger partial charge >= 0.3 is 0 Å². The van der Waals surface area contributed by atoms with Crippen LogP contribution in [-0.2, 0) is 14.4 Å². The lowest BCUT2D eigenvalue weighted by molar-refractivity contribution is -0.146. The molecule has 5 atom stereocenters. The van der Waals surface area contributed by atoms with Crippen molar-refractivity contribution < 1.29 is 14.4 Å². The molecule has 2 bridgehead atoms. The fourth-order valence-electron chi connectivity index (χ4n) is 4.24. The fourth-order valence-corrected chi connectivity index (χ4v) is 4.67. The molecule has 3 aliphatic rings. The van der Waals surface area contributed by atoms with Crippen LogP contribution in [0.1, 0.15) is 13.3 Å². The Kier molecular flexibility index (Phi) is 4.00. The van der Waals surface area contributed by atoms with Gasteiger partial charge < -0.3 is 5.32 Å². The fraction of sp³-hybridized carbons (Fsp3) is 0.389. The zero-order valence-corrected chi connectivity index (χ0v) is 15.8. The predicted molar refractivity (Wildman–Crippen MR) is 96.8 cm³/mol. The molecular formula is C18H16BrClN2O3. The first-order valence-electron chi connectivity index (χ1n) is 8.19. The molecule has 1 heterocycles. The van der Waals surface area contributed by atoms with Gasteiger partial charge in [0.05, 0.1) is 16.9 Å². The van der Waals surface area contributed by atoms with Crippen LogP contribution in [0.15, 0.2) is 34.8 Å². The second-order valence-corrected chi connectivity index (χ2v) is 8.10. The third-order valence-corrected chi connectivity index (χ3v) is 6.69. The highest BCUT2D eigenvalue weighted by Crippen LogP contribution is 2.52. The number of hydrogen-bond acceptors (Lipinski definition) is 3. The number of hydrogen-bond donors (Lipinski definition) is 1. The summed E-state index contributed by atoms with van der Waals surface area (Å²) in [6.45, 7) is 1.59. The summed E-state index contributed by atoms with van der Waals surface area (Å²) in [4.78, 5) is 39.2. The molecule has 4 rings (SSSR count). The van der Waals surface area contributed by atoms with Gasteiger partial charge in [-0.1, -0.05) is 23.8 Å². The van der Waals surface area contributed by atoms with Gasteiger partial charge in [-0.3, -0.25) is 19.3 Å². The van der Waals surface area contributed by atoms with E-state index in [-0.39, 0.29) is 35.5 Å². The second kappa shape index (κ2) is 5.95. The normalized spacial score (nSPS) is 30.8. The van der Waals surface area contributed by atoms with Gasteiger partial charge in [0.25, 0.3) is 0 Å². The number of nitrogens with one attached hydrogen (secondary N) is 1. The van der Waals surface area contributed by atoms with E-state index < -0.39 is 11.9 Å². The smallest absolute Gasteiger partial charge is 0.247 e. The van der Waals surface area contributed by atoms with Gasteiger partial charge in [-0.15, -0.1) is 0 Å². The van der Waals surface area contributed by atoms with E-state index in [1.165, 1.54) is 0 Å². The highest BCUT2D eigenvalue weighted by Gasteiger charge is 2.60. The Labute approximate surface area is 158 Å². The average Bonchev–Trinajstić information content (AvgIpc) is 3.24. The first-order valence-corrected chi connectivity index (χ1v) is 9.36. The largest absolute Gasteiger partial charge is 0.324 e. The molecule has 1 aromatic rings. The molecule has 1 saturated heterocycles. The first kappa shape index (κ1) is 16.8. The van der Waals surface area contributed by atoms with Crippen molar-refractivity contribution in [1.82, 2.24) is 4.90 Å². The summed E-state index contributed by atoms with van der Waals surface area (Å²) >= 11 is 9.32. The second-order valence-electron chi connectivity index (χ2n) is 6.84. The van der Waals surface area contributed by atoms with E-state index in [0.29, 0.717) is 10.7 Å².